The molecule has 20 heteroatoms. The monoisotopic (exact) mass is 500 g/mol. The molecule has 0 radical (unpaired) electrons. The molecule has 0 aromatic rings. The Morgan fingerprint density at radius 2 is 0.280 bits per heavy atom. The van der Waals surface area contributed by atoms with Crippen molar-refractivity contribution in [1.29, 1.82) is 0 Å². The molecule has 0 unspecified atom stereocenters. The molecule has 0 saturated carbocycles. The smallest absolute Gasteiger partial charge is 0.652 e. The molecule has 0 spiro atoms. The Morgan fingerprint density at radius 3 is 0.280 bits per heavy atom. The standard InChI is InChI=1S/5CH2O3.5Ca/c5*2-1(3)4;;;;;/h5*(H2,2,3,4);;;;;/q;;;;;5*+2/p-10. The summed E-state index contributed by atoms with van der Waals surface area (Å²) in [5.41, 5.74) is 0. The fourth-order valence-electron chi connectivity index (χ4n) is 0. The number of hydrogen-bond acceptors (Lipinski definition) is 15. The number of carbonyl (C=O) groups is 5. The molecule has 0 amide bonds. The van der Waals surface area contributed by atoms with E-state index in [1.54, 1.807) is 0 Å². The van der Waals surface area contributed by atoms with Crippen LogP contribution in [0.1, 0.15) is 0 Å². The maximum atomic E-state index is 8.33. The summed E-state index contributed by atoms with van der Waals surface area (Å²) in [6.07, 6.45) is -11.7. The van der Waals surface area contributed by atoms with Crippen molar-refractivity contribution in [2.45, 2.75) is 0 Å². The molecule has 0 heterocycles. The second-order valence-electron chi connectivity index (χ2n) is 1.25. The van der Waals surface area contributed by atoms with Crippen molar-refractivity contribution >= 4 is 219 Å². The summed E-state index contributed by atoms with van der Waals surface area (Å²) in [6, 6.07) is 0. The van der Waals surface area contributed by atoms with Gasteiger partial charge >= 0.3 is 189 Å². The topological polar surface area (TPSA) is 316 Å². The molecular formula is C5Ca5O15. The predicted octanol–water partition coefficient (Wildman–Crippen LogP) is -14.1. The van der Waals surface area contributed by atoms with E-state index in [2.05, 4.69) is 0 Å². The molecule has 0 rings (SSSR count). The van der Waals surface area contributed by atoms with Gasteiger partial charge < -0.3 is 75.0 Å². The molecule has 15 nitrogen and oxygen atoms in total. The summed E-state index contributed by atoms with van der Waals surface area (Å²) < 4.78 is 0. The van der Waals surface area contributed by atoms with Gasteiger partial charge in [0.25, 0.3) is 0 Å². The van der Waals surface area contributed by atoms with Crippen LogP contribution >= 0.6 is 0 Å². The van der Waals surface area contributed by atoms with Gasteiger partial charge in [-0.15, -0.1) is 0 Å². The summed E-state index contributed by atoms with van der Waals surface area (Å²) in [4.78, 5) is 41.7. The molecule has 0 atom stereocenters. The summed E-state index contributed by atoms with van der Waals surface area (Å²) in [5.74, 6) is 0. The fraction of sp³-hybridized carbons (Fsp3) is 0. The van der Waals surface area contributed by atoms with Crippen LogP contribution in [0.5, 0.6) is 0 Å². The molecule has 0 aromatic heterocycles. The average Bonchev–Trinajstić information content (AvgIpc) is 1.94. The molecule has 25 heavy (non-hydrogen) atoms. The van der Waals surface area contributed by atoms with Gasteiger partial charge in [-0.25, -0.2) is 0 Å². The first kappa shape index (κ1) is 63.0. The maximum Gasteiger partial charge on any atom is 2.00 e. The van der Waals surface area contributed by atoms with Crippen LogP contribution in [0.15, 0.2) is 0 Å². The van der Waals surface area contributed by atoms with Crippen LogP contribution < -0.4 is 51.1 Å². The van der Waals surface area contributed by atoms with Gasteiger partial charge in [-0.2, -0.15) is 0 Å². The van der Waals surface area contributed by atoms with Crippen molar-refractivity contribution in [1.82, 2.24) is 0 Å². The van der Waals surface area contributed by atoms with Gasteiger partial charge in [-0.05, 0) is 30.8 Å². The van der Waals surface area contributed by atoms with Gasteiger partial charge in [0.1, 0.15) is 0 Å². The number of carboxylic acid groups (broad SMARTS) is 10. The Bertz CT molecular complexity index is 219. The molecule has 0 aromatic carbocycles. The fourth-order valence-corrected chi connectivity index (χ4v) is 0. The summed E-state index contributed by atoms with van der Waals surface area (Å²) in [7, 11) is 0. The van der Waals surface area contributed by atoms with Gasteiger partial charge in [-0.3, -0.25) is 0 Å². The van der Waals surface area contributed by atoms with Crippen molar-refractivity contribution in [3.05, 3.63) is 0 Å². The molecule has 0 N–H and O–H groups in total. The zero-order valence-corrected chi connectivity index (χ0v) is 23.2. The van der Waals surface area contributed by atoms with Crippen LogP contribution in [0, 0.1) is 0 Å². The summed E-state index contributed by atoms with van der Waals surface area (Å²) in [5, 5.41) is 83.3. The van der Waals surface area contributed by atoms with Gasteiger partial charge in [-0.1, -0.05) is 0 Å². The van der Waals surface area contributed by atoms with E-state index in [0.29, 0.717) is 0 Å². The SMILES string of the molecule is O=C([O-])[O-].O=C([O-])[O-].O=C([O-])[O-].O=C([O-])[O-].O=C([O-])[O-].[Ca+2].[Ca+2].[Ca+2].[Ca+2].[Ca+2]. The van der Waals surface area contributed by atoms with E-state index in [0.717, 1.165) is 0 Å². The van der Waals surface area contributed by atoms with Crippen molar-refractivity contribution < 1.29 is 75.0 Å². The minimum absolute atomic E-state index is 0. The van der Waals surface area contributed by atoms with Gasteiger partial charge in [0.05, 0.1) is 0 Å². The Morgan fingerprint density at radius 1 is 0.280 bits per heavy atom. The Hall–Kier alpha value is 2.65. The molecule has 0 aliphatic carbocycles. The minimum Gasteiger partial charge on any atom is -0.652 e. The number of rotatable bonds is 0. The first-order chi connectivity index (χ1) is 8.66. The van der Waals surface area contributed by atoms with Crippen LogP contribution in [-0.2, 0) is 0 Å². The van der Waals surface area contributed by atoms with Gasteiger partial charge in [0, 0.05) is 0 Å². The second-order valence-corrected chi connectivity index (χ2v) is 1.25. The average molecular weight is 500 g/mol. The van der Waals surface area contributed by atoms with E-state index >= 15 is 0 Å². The zero-order valence-electron chi connectivity index (χ0n) is 12.2. The van der Waals surface area contributed by atoms with Crippen molar-refractivity contribution in [3.8, 4) is 0 Å². The first-order valence-electron chi connectivity index (χ1n) is 3.06. The molecule has 0 fully saturated rings. The minimum atomic E-state index is -2.33. The Balaban J connectivity index is -0.0000000134. The predicted molar refractivity (Wildman–Crippen MR) is 55.7 cm³/mol. The van der Waals surface area contributed by atoms with E-state index in [4.69, 9.17) is 75.0 Å². The zero-order chi connectivity index (χ0) is 17.9. The summed E-state index contributed by atoms with van der Waals surface area (Å²) in [6.45, 7) is 0. The van der Waals surface area contributed by atoms with Crippen molar-refractivity contribution in [3.63, 3.8) is 0 Å². The number of carbonyl (C=O) groups excluding carboxylic acids is 5. The second kappa shape index (κ2) is 56.3. The third-order valence-electron chi connectivity index (χ3n) is 0. The van der Waals surface area contributed by atoms with Crippen LogP contribution in [-0.4, -0.2) is 219 Å². The number of hydrogen-bond donors (Lipinski definition) is 0. The van der Waals surface area contributed by atoms with E-state index < -0.39 is 30.8 Å². The third kappa shape index (κ3) is 2310. The maximum absolute atomic E-state index is 8.33. The third-order valence-corrected chi connectivity index (χ3v) is 0. The van der Waals surface area contributed by atoms with Crippen molar-refractivity contribution in [2.24, 2.45) is 0 Å². The molecule has 0 saturated heterocycles. The quantitative estimate of drug-likeness (QED) is 0.278. The largest absolute Gasteiger partial charge is 2.00 e. The molecular weight excluding hydrogens is 500 g/mol. The molecule has 0 aliphatic rings. The Labute approximate surface area is 288 Å². The van der Waals surface area contributed by atoms with Gasteiger partial charge in [0.15, 0.2) is 0 Å². The van der Waals surface area contributed by atoms with Crippen LogP contribution in [0.25, 0.3) is 0 Å². The molecule has 120 valence electrons. The van der Waals surface area contributed by atoms with Gasteiger partial charge in [0.2, 0.25) is 0 Å². The Kier molecular flexibility index (Phi) is 142. The van der Waals surface area contributed by atoms with Crippen molar-refractivity contribution in [2.75, 3.05) is 0 Å². The first-order valence-corrected chi connectivity index (χ1v) is 3.06. The van der Waals surface area contributed by atoms with Crippen LogP contribution in [0.3, 0.4) is 0 Å². The van der Waals surface area contributed by atoms with Crippen LogP contribution in [0.2, 0.25) is 0 Å². The van der Waals surface area contributed by atoms with E-state index in [1.807, 2.05) is 0 Å². The molecule has 0 bridgehead atoms. The van der Waals surface area contributed by atoms with E-state index in [1.165, 1.54) is 0 Å². The van der Waals surface area contributed by atoms with Crippen LogP contribution in [0.4, 0.5) is 24.0 Å². The van der Waals surface area contributed by atoms with E-state index in [9.17, 15) is 0 Å². The summed E-state index contributed by atoms with van der Waals surface area (Å²) >= 11 is 0. The molecule has 0 aliphatic heterocycles. The van der Waals surface area contributed by atoms with E-state index in [-0.39, 0.29) is 189 Å². The normalized spacial score (nSPS) is 4.80.